The Morgan fingerprint density at radius 2 is 1.91 bits per heavy atom. The molecule has 1 aliphatic rings. The summed E-state index contributed by atoms with van der Waals surface area (Å²) in [7, 11) is 3.86. The Kier molecular flexibility index (Phi) is 6.74. The van der Waals surface area contributed by atoms with Gasteiger partial charge in [0, 0.05) is 51.3 Å². The van der Waals surface area contributed by atoms with Gasteiger partial charge in [-0.3, -0.25) is 0 Å². The molecule has 2 atom stereocenters. The van der Waals surface area contributed by atoms with Crippen LogP contribution >= 0.6 is 0 Å². The van der Waals surface area contributed by atoms with E-state index in [0.717, 1.165) is 56.5 Å². The second-order valence-corrected chi connectivity index (χ2v) is 6.76. The molecule has 130 valence electrons. The van der Waals surface area contributed by atoms with E-state index in [9.17, 15) is 5.11 Å². The van der Waals surface area contributed by atoms with Gasteiger partial charge in [-0.05, 0) is 45.2 Å². The molecule has 23 heavy (non-hydrogen) atoms. The summed E-state index contributed by atoms with van der Waals surface area (Å²) in [5.74, 6) is 1.59. The van der Waals surface area contributed by atoms with E-state index < -0.39 is 0 Å². The fourth-order valence-corrected chi connectivity index (χ4v) is 3.37. The van der Waals surface area contributed by atoms with Gasteiger partial charge >= 0.3 is 0 Å². The van der Waals surface area contributed by atoms with Crippen molar-refractivity contribution < 1.29 is 9.84 Å². The van der Waals surface area contributed by atoms with Crippen LogP contribution in [0.15, 0.2) is 6.07 Å². The van der Waals surface area contributed by atoms with Gasteiger partial charge < -0.3 is 19.6 Å². The molecular weight excluding hydrogens is 292 g/mol. The summed E-state index contributed by atoms with van der Waals surface area (Å²) in [6.07, 6.45) is 1.05. The quantitative estimate of drug-likeness (QED) is 0.811. The first-order chi connectivity index (χ1) is 11.0. The molecule has 1 fully saturated rings. The molecular formula is C17H30N4O2. The molecule has 0 aromatic carbocycles. The van der Waals surface area contributed by atoms with Crippen LogP contribution in [0.25, 0.3) is 0 Å². The number of hydrogen-bond acceptors (Lipinski definition) is 6. The summed E-state index contributed by atoms with van der Waals surface area (Å²) in [5, 5.41) is 9.66. The minimum atomic E-state index is 0.222. The molecule has 0 radical (unpaired) electrons. The van der Waals surface area contributed by atoms with Crippen molar-refractivity contribution in [3.05, 3.63) is 17.5 Å². The summed E-state index contributed by atoms with van der Waals surface area (Å²) >= 11 is 0. The van der Waals surface area contributed by atoms with Crippen LogP contribution in [0.5, 0.6) is 0 Å². The van der Waals surface area contributed by atoms with Crippen molar-refractivity contribution in [2.75, 3.05) is 58.5 Å². The van der Waals surface area contributed by atoms with Crippen LogP contribution in [0.4, 0.5) is 5.95 Å². The van der Waals surface area contributed by atoms with E-state index in [1.165, 1.54) is 0 Å². The van der Waals surface area contributed by atoms with Gasteiger partial charge in [0.1, 0.15) is 0 Å². The van der Waals surface area contributed by atoms with Crippen molar-refractivity contribution in [2.45, 2.75) is 20.3 Å². The van der Waals surface area contributed by atoms with Gasteiger partial charge in [0.15, 0.2) is 0 Å². The molecule has 0 spiro atoms. The normalized spacial score (nSPS) is 21.9. The van der Waals surface area contributed by atoms with Gasteiger partial charge in [-0.25, -0.2) is 9.97 Å². The molecule has 1 aromatic rings. The topological polar surface area (TPSA) is 61.7 Å². The van der Waals surface area contributed by atoms with Gasteiger partial charge in [0.05, 0.1) is 6.61 Å². The maximum absolute atomic E-state index is 9.66. The number of methoxy groups -OCH3 is 1. The van der Waals surface area contributed by atoms with E-state index in [1.807, 2.05) is 19.9 Å². The Hall–Kier alpha value is -1.24. The molecule has 1 N–H and O–H groups in total. The number of nitrogens with zero attached hydrogens (tertiary/aromatic N) is 4. The Bertz CT molecular complexity index is 477. The van der Waals surface area contributed by atoms with E-state index in [4.69, 9.17) is 4.74 Å². The second kappa shape index (κ2) is 8.57. The van der Waals surface area contributed by atoms with Crippen LogP contribution in [0, 0.1) is 25.7 Å². The summed E-state index contributed by atoms with van der Waals surface area (Å²) in [6, 6.07) is 1.99. The maximum atomic E-state index is 9.66. The minimum Gasteiger partial charge on any atom is -0.396 e. The van der Waals surface area contributed by atoms with E-state index >= 15 is 0 Å². The van der Waals surface area contributed by atoms with Crippen molar-refractivity contribution in [3.63, 3.8) is 0 Å². The number of aryl methyl sites for hydroxylation is 2. The van der Waals surface area contributed by atoms with E-state index in [1.54, 1.807) is 7.11 Å². The highest BCUT2D eigenvalue weighted by atomic mass is 16.5. The van der Waals surface area contributed by atoms with E-state index in [-0.39, 0.29) is 12.5 Å². The lowest BCUT2D eigenvalue weighted by molar-refractivity contribution is 0.133. The number of likely N-dealkylation sites (N-methyl/N-ethyl adjacent to an activating group) is 1. The van der Waals surface area contributed by atoms with Crippen LogP contribution in [-0.4, -0.2) is 73.5 Å². The number of aromatic nitrogens is 2. The molecule has 6 nitrogen and oxygen atoms in total. The number of hydrogen-bond donors (Lipinski definition) is 1. The maximum Gasteiger partial charge on any atom is 0.225 e. The molecule has 0 saturated carbocycles. The first kappa shape index (κ1) is 18.1. The fraction of sp³-hybridized carbons (Fsp3) is 0.765. The highest BCUT2D eigenvalue weighted by molar-refractivity contribution is 5.33. The number of ether oxygens (including phenoxy) is 1. The molecule has 1 aromatic heterocycles. The first-order valence-electron chi connectivity index (χ1n) is 8.37. The molecule has 0 bridgehead atoms. The lowest BCUT2D eigenvalue weighted by atomic mass is 9.89. The Morgan fingerprint density at radius 1 is 1.26 bits per heavy atom. The van der Waals surface area contributed by atoms with Crippen molar-refractivity contribution in [3.8, 4) is 0 Å². The summed E-state index contributed by atoms with van der Waals surface area (Å²) in [6.45, 7) is 8.67. The molecule has 0 unspecified atom stereocenters. The minimum absolute atomic E-state index is 0.222. The smallest absolute Gasteiger partial charge is 0.225 e. The van der Waals surface area contributed by atoms with Gasteiger partial charge in [0.25, 0.3) is 0 Å². The molecule has 0 amide bonds. The van der Waals surface area contributed by atoms with Crippen molar-refractivity contribution in [1.82, 2.24) is 14.9 Å². The highest BCUT2D eigenvalue weighted by Crippen LogP contribution is 2.25. The Labute approximate surface area is 139 Å². The third kappa shape index (κ3) is 5.41. The standard InChI is InChI=1S/C17H30N4O2/c1-13-7-14(2)19-17(18-13)21-10-15(8-16(11-21)12-22)9-20(3)5-6-23-4/h7,15-16,22H,5-6,8-12H2,1-4H3/t15-,16-/m1/s1. The Balaban J connectivity index is 2.05. The number of piperidine rings is 1. The van der Waals surface area contributed by atoms with Crippen LogP contribution in [0.2, 0.25) is 0 Å². The average Bonchev–Trinajstić information content (AvgIpc) is 2.51. The molecule has 6 heteroatoms. The lowest BCUT2D eigenvalue weighted by Crippen LogP contribution is -2.46. The van der Waals surface area contributed by atoms with Crippen LogP contribution in [0.3, 0.4) is 0 Å². The summed E-state index contributed by atoms with van der Waals surface area (Å²) in [4.78, 5) is 13.7. The first-order valence-corrected chi connectivity index (χ1v) is 8.37. The predicted octanol–water partition coefficient (Wildman–Crippen LogP) is 1.11. The zero-order valence-electron chi connectivity index (χ0n) is 14.8. The van der Waals surface area contributed by atoms with Crippen LogP contribution in [0.1, 0.15) is 17.8 Å². The molecule has 0 aliphatic carbocycles. The van der Waals surface area contributed by atoms with E-state index in [2.05, 4.69) is 26.8 Å². The molecule has 2 heterocycles. The summed E-state index contributed by atoms with van der Waals surface area (Å²) < 4.78 is 5.15. The van der Waals surface area contributed by atoms with Gasteiger partial charge in [0.2, 0.25) is 5.95 Å². The zero-order chi connectivity index (χ0) is 16.8. The number of rotatable bonds is 7. The summed E-state index contributed by atoms with van der Waals surface area (Å²) in [5.41, 5.74) is 1.99. The predicted molar refractivity (Wildman–Crippen MR) is 91.8 cm³/mol. The lowest BCUT2D eigenvalue weighted by Gasteiger charge is -2.38. The van der Waals surface area contributed by atoms with Gasteiger partial charge in [-0.1, -0.05) is 0 Å². The van der Waals surface area contributed by atoms with Gasteiger partial charge in [-0.2, -0.15) is 0 Å². The molecule has 1 aliphatic heterocycles. The monoisotopic (exact) mass is 322 g/mol. The SMILES string of the molecule is COCCN(C)C[C@H]1C[C@@H](CO)CN(c2nc(C)cc(C)n2)C1. The average molecular weight is 322 g/mol. The van der Waals surface area contributed by atoms with Crippen LogP contribution in [-0.2, 0) is 4.74 Å². The molecule has 1 saturated heterocycles. The largest absolute Gasteiger partial charge is 0.396 e. The highest BCUT2D eigenvalue weighted by Gasteiger charge is 2.29. The van der Waals surface area contributed by atoms with Crippen molar-refractivity contribution >= 4 is 5.95 Å². The van der Waals surface area contributed by atoms with E-state index in [0.29, 0.717) is 5.92 Å². The molecule has 2 rings (SSSR count). The number of aliphatic hydroxyl groups excluding tert-OH is 1. The zero-order valence-corrected chi connectivity index (χ0v) is 14.8. The van der Waals surface area contributed by atoms with Crippen molar-refractivity contribution in [1.29, 1.82) is 0 Å². The Morgan fingerprint density at radius 3 is 2.52 bits per heavy atom. The van der Waals surface area contributed by atoms with Gasteiger partial charge in [-0.15, -0.1) is 0 Å². The third-order valence-corrected chi connectivity index (χ3v) is 4.38. The fourth-order valence-electron chi connectivity index (χ4n) is 3.37. The number of aliphatic hydroxyl groups is 1. The number of anilines is 1. The van der Waals surface area contributed by atoms with Crippen molar-refractivity contribution in [2.24, 2.45) is 11.8 Å². The van der Waals surface area contributed by atoms with Crippen LogP contribution < -0.4 is 4.90 Å². The third-order valence-electron chi connectivity index (χ3n) is 4.38. The second-order valence-electron chi connectivity index (χ2n) is 6.76.